The average Bonchev–Trinajstić information content (AvgIpc) is 2.51. The Labute approximate surface area is 160 Å². The lowest BCUT2D eigenvalue weighted by Gasteiger charge is -2.38. The van der Waals surface area contributed by atoms with Gasteiger partial charge in [-0.2, -0.15) is 0 Å². The second-order valence-corrected chi connectivity index (χ2v) is 8.26. The molecule has 0 N–H and O–H groups in total. The highest BCUT2D eigenvalue weighted by atomic mass is 79.9. The fourth-order valence-electron chi connectivity index (χ4n) is 3.20. The lowest BCUT2D eigenvalue weighted by Crippen LogP contribution is -2.42. The number of rotatable bonds is 1. The van der Waals surface area contributed by atoms with E-state index in [-0.39, 0.29) is 11.6 Å². The van der Waals surface area contributed by atoms with Gasteiger partial charge in [0.2, 0.25) is 0 Å². The molecule has 1 unspecified atom stereocenters. The largest absolute Gasteiger partial charge is 0.443 e. The van der Waals surface area contributed by atoms with Crippen molar-refractivity contribution in [2.24, 2.45) is 0 Å². The SMILES string of the molecule is CC(C)(C)OC(=O)N1c2cc(Br)cc(F)c2CCC1c1cccc(F)c1. The monoisotopic (exact) mass is 423 g/mol. The average molecular weight is 424 g/mol. The summed E-state index contributed by atoms with van der Waals surface area (Å²) in [6, 6.07) is 8.79. The van der Waals surface area contributed by atoms with Gasteiger partial charge < -0.3 is 4.74 Å². The van der Waals surface area contributed by atoms with Gasteiger partial charge in [0.1, 0.15) is 17.2 Å². The van der Waals surface area contributed by atoms with E-state index in [1.165, 1.54) is 23.1 Å². The number of carbonyl (C=O) groups excluding carboxylic acids is 1. The normalized spacial score (nSPS) is 17.0. The number of fused-ring (bicyclic) bond motifs is 1. The number of nitrogens with zero attached hydrogens (tertiary/aromatic N) is 1. The summed E-state index contributed by atoms with van der Waals surface area (Å²) in [6.45, 7) is 5.32. The van der Waals surface area contributed by atoms with Crippen molar-refractivity contribution in [3.8, 4) is 0 Å². The highest BCUT2D eigenvalue weighted by Crippen LogP contribution is 2.42. The van der Waals surface area contributed by atoms with Crippen molar-refractivity contribution in [1.82, 2.24) is 0 Å². The summed E-state index contributed by atoms with van der Waals surface area (Å²) in [5.74, 6) is -0.751. The Balaban J connectivity index is 2.11. The molecule has 1 aliphatic heterocycles. The van der Waals surface area contributed by atoms with Gasteiger partial charge in [-0.3, -0.25) is 4.90 Å². The van der Waals surface area contributed by atoms with Crippen LogP contribution < -0.4 is 4.90 Å². The Kier molecular flexibility index (Phi) is 5.06. The predicted molar refractivity (Wildman–Crippen MR) is 100 cm³/mol. The van der Waals surface area contributed by atoms with E-state index < -0.39 is 17.7 Å². The van der Waals surface area contributed by atoms with E-state index in [2.05, 4.69) is 15.9 Å². The number of amides is 1. The molecule has 138 valence electrons. The fraction of sp³-hybridized carbons (Fsp3) is 0.350. The molecule has 2 aromatic rings. The van der Waals surface area contributed by atoms with E-state index >= 15 is 0 Å². The second-order valence-electron chi connectivity index (χ2n) is 7.35. The third kappa shape index (κ3) is 3.90. The number of anilines is 1. The van der Waals surface area contributed by atoms with Crippen LogP contribution in [0.3, 0.4) is 0 Å². The number of carbonyl (C=O) groups is 1. The topological polar surface area (TPSA) is 29.5 Å². The lowest BCUT2D eigenvalue weighted by molar-refractivity contribution is 0.0559. The number of ether oxygens (including phenoxy) is 1. The van der Waals surface area contributed by atoms with E-state index in [1.54, 1.807) is 39.0 Å². The zero-order valence-electron chi connectivity index (χ0n) is 14.9. The van der Waals surface area contributed by atoms with Crippen LogP contribution in [0.2, 0.25) is 0 Å². The van der Waals surface area contributed by atoms with Crippen molar-refractivity contribution in [2.75, 3.05) is 4.90 Å². The van der Waals surface area contributed by atoms with Gasteiger partial charge in [-0.25, -0.2) is 13.6 Å². The van der Waals surface area contributed by atoms with Crippen LogP contribution in [-0.4, -0.2) is 11.7 Å². The van der Waals surface area contributed by atoms with Crippen molar-refractivity contribution in [3.63, 3.8) is 0 Å². The third-order valence-electron chi connectivity index (χ3n) is 4.20. The van der Waals surface area contributed by atoms with Gasteiger partial charge in [0.25, 0.3) is 0 Å². The molecule has 1 heterocycles. The Morgan fingerprint density at radius 1 is 1.23 bits per heavy atom. The van der Waals surface area contributed by atoms with Crippen LogP contribution in [0.5, 0.6) is 0 Å². The van der Waals surface area contributed by atoms with Crippen molar-refractivity contribution >= 4 is 27.7 Å². The first kappa shape index (κ1) is 18.8. The van der Waals surface area contributed by atoms with Crippen LogP contribution in [0, 0.1) is 11.6 Å². The quantitative estimate of drug-likeness (QED) is 0.549. The van der Waals surface area contributed by atoms with E-state index in [9.17, 15) is 13.6 Å². The van der Waals surface area contributed by atoms with E-state index in [1.807, 2.05) is 0 Å². The molecule has 0 bridgehead atoms. The number of benzene rings is 2. The zero-order valence-corrected chi connectivity index (χ0v) is 16.4. The summed E-state index contributed by atoms with van der Waals surface area (Å²) in [6.07, 6.45) is 0.355. The summed E-state index contributed by atoms with van der Waals surface area (Å²) >= 11 is 3.29. The van der Waals surface area contributed by atoms with E-state index in [0.29, 0.717) is 34.1 Å². The molecule has 0 aliphatic carbocycles. The summed E-state index contributed by atoms with van der Waals surface area (Å²) < 4.78 is 34.3. The highest BCUT2D eigenvalue weighted by Gasteiger charge is 2.36. The molecule has 0 spiro atoms. The van der Waals surface area contributed by atoms with Gasteiger partial charge in [0.15, 0.2) is 0 Å². The molecule has 3 nitrogen and oxygen atoms in total. The molecule has 26 heavy (non-hydrogen) atoms. The fourth-order valence-corrected chi connectivity index (χ4v) is 3.61. The van der Waals surface area contributed by atoms with Crippen LogP contribution in [0.15, 0.2) is 40.9 Å². The van der Waals surface area contributed by atoms with E-state index in [0.717, 1.165) is 0 Å². The lowest BCUT2D eigenvalue weighted by atomic mass is 9.91. The number of hydrogen-bond donors (Lipinski definition) is 0. The molecule has 0 saturated heterocycles. The van der Waals surface area contributed by atoms with Crippen molar-refractivity contribution in [1.29, 1.82) is 0 Å². The number of halogens is 3. The van der Waals surface area contributed by atoms with Gasteiger partial charge in [0.05, 0.1) is 11.7 Å². The molecule has 2 aromatic carbocycles. The molecule has 0 saturated carbocycles. The molecule has 0 radical (unpaired) electrons. The Bertz CT molecular complexity index is 848. The zero-order chi connectivity index (χ0) is 19.1. The van der Waals surface area contributed by atoms with Gasteiger partial charge >= 0.3 is 6.09 Å². The summed E-state index contributed by atoms with van der Waals surface area (Å²) in [4.78, 5) is 14.4. The minimum absolute atomic E-state index is 0.374. The molecule has 1 aliphatic rings. The summed E-state index contributed by atoms with van der Waals surface area (Å²) in [5.41, 5.74) is 0.867. The third-order valence-corrected chi connectivity index (χ3v) is 4.66. The Morgan fingerprint density at radius 3 is 2.62 bits per heavy atom. The number of hydrogen-bond acceptors (Lipinski definition) is 2. The predicted octanol–water partition coefficient (Wildman–Crippen LogP) is 6.16. The second kappa shape index (κ2) is 6.99. The van der Waals surface area contributed by atoms with Crippen molar-refractivity contribution < 1.29 is 18.3 Å². The molecular formula is C20H20BrF2NO2. The van der Waals surface area contributed by atoms with Crippen molar-refractivity contribution in [2.45, 2.75) is 45.3 Å². The molecule has 1 atom stereocenters. The van der Waals surface area contributed by atoms with Crippen LogP contribution in [0.25, 0.3) is 0 Å². The minimum Gasteiger partial charge on any atom is -0.443 e. The van der Waals surface area contributed by atoms with Gasteiger partial charge in [-0.15, -0.1) is 0 Å². The van der Waals surface area contributed by atoms with E-state index in [4.69, 9.17) is 4.74 Å². The van der Waals surface area contributed by atoms with Gasteiger partial charge in [0, 0.05) is 10.0 Å². The minimum atomic E-state index is -0.703. The van der Waals surface area contributed by atoms with Gasteiger partial charge in [-0.1, -0.05) is 28.1 Å². The Morgan fingerprint density at radius 2 is 1.96 bits per heavy atom. The molecule has 1 amide bonds. The summed E-state index contributed by atoms with van der Waals surface area (Å²) in [7, 11) is 0. The van der Waals surface area contributed by atoms with Crippen LogP contribution in [-0.2, 0) is 11.2 Å². The standard InChI is InChI=1S/C20H20BrF2NO2/c1-20(2,3)26-19(25)24-17(12-5-4-6-14(22)9-12)8-7-15-16(23)10-13(21)11-18(15)24/h4-6,9-11,17H,7-8H2,1-3H3. The maximum Gasteiger partial charge on any atom is 0.415 e. The first-order chi connectivity index (χ1) is 12.2. The maximum atomic E-state index is 14.4. The summed E-state index contributed by atoms with van der Waals surface area (Å²) in [5, 5.41) is 0. The molecule has 0 aromatic heterocycles. The highest BCUT2D eigenvalue weighted by molar-refractivity contribution is 9.10. The molecule has 6 heteroatoms. The molecular weight excluding hydrogens is 404 g/mol. The molecule has 0 fully saturated rings. The Hall–Kier alpha value is -1.95. The molecule has 3 rings (SSSR count). The van der Waals surface area contributed by atoms with Crippen molar-refractivity contribution in [3.05, 3.63) is 63.6 Å². The first-order valence-corrected chi connectivity index (χ1v) is 9.20. The van der Waals surface area contributed by atoms with Gasteiger partial charge in [-0.05, 0) is 63.4 Å². The van der Waals surface area contributed by atoms with Crippen LogP contribution in [0.4, 0.5) is 19.3 Å². The first-order valence-electron chi connectivity index (χ1n) is 8.41. The van der Waals surface area contributed by atoms with Crippen LogP contribution in [0.1, 0.15) is 44.4 Å². The van der Waals surface area contributed by atoms with Crippen LogP contribution >= 0.6 is 15.9 Å². The smallest absolute Gasteiger partial charge is 0.415 e. The maximum absolute atomic E-state index is 14.4.